The molecular formula is C35H35ClN4O4. The van der Waals surface area contributed by atoms with Crippen molar-refractivity contribution in [2.45, 2.75) is 44.4 Å². The molecule has 0 fully saturated rings. The molecule has 0 aliphatic heterocycles. The van der Waals surface area contributed by atoms with Crippen LogP contribution in [0, 0.1) is 11.3 Å². The molecule has 8 nitrogen and oxygen atoms in total. The molecule has 3 N–H and O–H groups in total. The van der Waals surface area contributed by atoms with Gasteiger partial charge in [-0.2, -0.15) is 5.26 Å². The predicted molar refractivity (Wildman–Crippen MR) is 171 cm³/mol. The monoisotopic (exact) mass is 610 g/mol. The Kier molecular flexibility index (Phi) is 9.81. The summed E-state index contributed by atoms with van der Waals surface area (Å²) in [4.78, 5) is 17.7. The molecule has 1 aliphatic rings. The molecule has 0 amide bonds. The van der Waals surface area contributed by atoms with Crippen LogP contribution in [0.4, 0.5) is 5.69 Å². The van der Waals surface area contributed by atoms with E-state index >= 15 is 0 Å². The summed E-state index contributed by atoms with van der Waals surface area (Å²) in [5, 5.41) is 31.5. The molecule has 0 saturated heterocycles. The second-order valence-corrected chi connectivity index (χ2v) is 11.7. The summed E-state index contributed by atoms with van der Waals surface area (Å²) >= 11 is 6.85. The molecule has 5 rings (SSSR count). The van der Waals surface area contributed by atoms with E-state index < -0.39 is 18.6 Å². The highest BCUT2D eigenvalue weighted by atomic mass is 35.5. The number of ether oxygens (including phenoxy) is 1. The number of nitrogens with zero attached hydrogens (tertiary/aromatic N) is 3. The molecule has 1 heterocycles. The first-order valence-corrected chi connectivity index (χ1v) is 14.9. The number of aliphatic carboxylic acids is 1. The minimum atomic E-state index is -1.15. The summed E-state index contributed by atoms with van der Waals surface area (Å²) in [7, 11) is 4.09. The summed E-state index contributed by atoms with van der Waals surface area (Å²) in [5.74, 6) is -0.322. The van der Waals surface area contributed by atoms with E-state index in [0.29, 0.717) is 21.9 Å². The Balaban J connectivity index is 1.42. The third kappa shape index (κ3) is 7.03. The first-order valence-electron chi connectivity index (χ1n) is 14.5. The third-order valence-corrected chi connectivity index (χ3v) is 8.45. The molecule has 0 radical (unpaired) electrons. The van der Waals surface area contributed by atoms with Crippen LogP contribution in [0.5, 0.6) is 5.75 Å². The van der Waals surface area contributed by atoms with Crippen LogP contribution < -0.4 is 15.0 Å². The lowest BCUT2D eigenvalue weighted by atomic mass is 9.90. The molecule has 226 valence electrons. The molecule has 3 aromatic carbocycles. The molecule has 0 spiro atoms. The van der Waals surface area contributed by atoms with Crippen molar-refractivity contribution in [2.24, 2.45) is 0 Å². The van der Waals surface area contributed by atoms with Gasteiger partial charge in [-0.15, -0.1) is 0 Å². The van der Waals surface area contributed by atoms with Crippen LogP contribution in [0.1, 0.15) is 45.7 Å². The quantitative estimate of drug-likeness (QED) is 0.186. The van der Waals surface area contributed by atoms with E-state index in [1.54, 1.807) is 18.3 Å². The van der Waals surface area contributed by atoms with Crippen LogP contribution in [0.25, 0.3) is 11.1 Å². The van der Waals surface area contributed by atoms with Crippen LogP contribution in [-0.2, 0) is 30.8 Å². The Labute approximate surface area is 262 Å². The lowest BCUT2D eigenvalue weighted by Gasteiger charge is -2.19. The number of pyridine rings is 1. The molecule has 1 unspecified atom stereocenters. The number of aromatic nitrogens is 1. The average Bonchev–Trinajstić information content (AvgIpc) is 3.44. The van der Waals surface area contributed by atoms with Crippen LogP contribution in [0.15, 0.2) is 73.1 Å². The van der Waals surface area contributed by atoms with Gasteiger partial charge in [0, 0.05) is 54.9 Å². The first-order chi connectivity index (χ1) is 21.3. The minimum absolute atomic E-state index is 0.130. The van der Waals surface area contributed by atoms with Crippen molar-refractivity contribution in [1.82, 2.24) is 10.3 Å². The molecule has 44 heavy (non-hydrogen) atoms. The fraction of sp³-hybridized carbons (Fsp3) is 0.286. The average molecular weight is 611 g/mol. The van der Waals surface area contributed by atoms with Crippen molar-refractivity contribution < 1.29 is 19.7 Å². The van der Waals surface area contributed by atoms with E-state index in [0.717, 1.165) is 36.1 Å². The zero-order valence-corrected chi connectivity index (χ0v) is 25.5. The van der Waals surface area contributed by atoms with E-state index in [-0.39, 0.29) is 19.1 Å². The highest BCUT2D eigenvalue weighted by Gasteiger charge is 2.27. The van der Waals surface area contributed by atoms with Crippen molar-refractivity contribution in [2.75, 3.05) is 25.6 Å². The number of carboxylic acids is 1. The second-order valence-electron chi connectivity index (χ2n) is 11.2. The topological polar surface area (TPSA) is 119 Å². The van der Waals surface area contributed by atoms with Gasteiger partial charge in [-0.05, 0) is 83.3 Å². The number of aliphatic hydroxyl groups is 1. The number of rotatable bonds is 12. The number of nitriles is 1. The van der Waals surface area contributed by atoms with Gasteiger partial charge < -0.3 is 19.8 Å². The van der Waals surface area contributed by atoms with E-state index in [9.17, 15) is 20.3 Å². The second kappa shape index (κ2) is 13.9. The fourth-order valence-electron chi connectivity index (χ4n) is 5.76. The van der Waals surface area contributed by atoms with Gasteiger partial charge in [-0.3, -0.25) is 15.1 Å². The zero-order chi connectivity index (χ0) is 31.2. The Morgan fingerprint density at radius 3 is 2.73 bits per heavy atom. The number of nitrogens with one attached hydrogen (secondary N) is 1. The summed E-state index contributed by atoms with van der Waals surface area (Å²) in [6.07, 6.45) is 5.83. The maximum Gasteiger partial charge on any atom is 0.323 e. The smallest absolute Gasteiger partial charge is 0.323 e. The van der Waals surface area contributed by atoms with Gasteiger partial charge in [0.2, 0.25) is 0 Å². The van der Waals surface area contributed by atoms with Gasteiger partial charge in [0.25, 0.3) is 0 Å². The van der Waals surface area contributed by atoms with Crippen molar-refractivity contribution in [3.8, 4) is 22.9 Å². The van der Waals surface area contributed by atoms with Gasteiger partial charge in [-0.1, -0.05) is 41.9 Å². The lowest BCUT2D eigenvalue weighted by molar-refractivity contribution is -0.140. The van der Waals surface area contributed by atoms with Crippen LogP contribution >= 0.6 is 11.6 Å². The van der Waals surface area contributed by atoms with Gasteiger partial charge >= 0.3 is 5.97 Å². The largest absolute Gasteiger partial charge is 0.489 e. The van der Waals surface area contributed by atoms with Crippen LogP contribution in [0.2, 0.25) is 5.02 Å². The molecular weight excluding hydrogens is 576 g/mol. The SMILES string of the molecule is CN(C)c1cccc(-c2cccc3c2CC[C@@H]3Cc2cc(OCc3cncc(C#N)c3)c(CNC(CO)C(=O)O)cc2Cl)c1. The molecule has 2 atom stereocenters. The lowest BCUT2D eigenvalue weighted by Crippen LogP contribution is -2.39. The van der Waals surface area contributed by atoms with Gasteiger partial charge in [0.1, 0.15) is 24.5 Å². The van der Waals surface area contributed by atoms with Crippen molar-refractivity contribution in [3.05, 3.63) is 111 Å². The van der Waals surface area contributed by atoms with Gasteiger partial charge in [0.05, 0.1) is 12.2 Å². The van der Waals surface area contributed by atoms with Gasteiger partial charge in [-0.25, -0.2) is 0 Å². The van der Waals surface area contributed by atoms with E-state index in [4.69, 9.17) is 16.3 Å². The van der Waals surface area contributed by atoms with Crippen LogP contribution in [0.3, 0.4) is 0 Å². The number of benzene rings is 3. The molecule has 4 aromatic rings. The minimum Gasteiger partial charge on any atom is -0.489 e. The Bertz CT molecular complexity index is 1700. The standard InChI is InChI=1S/C35H35ClN4O4/c1-40(2)28-6-3-5-24(13-28)29-7-4-8-30-25(9-10-31(29)30)12-26-15-34(44-21-23-11-22(16-37)17-38-18-23)27(14-32(26)36)19-39-33(20-41)35(42)43/h3-8,11,13-15,17-18,25,33,39,41H,9-10,12,19-21H2,1-2H3,(H,42,43)/t25-,33?/m1/s1. The van der Waals surface area contributed by atoms with Crippen molar-refractivity contribution >= 4 is 23.3 Å². The molecule has 1 aliphatic carbocycles. The Hall–Kier alpha value is -4.42. The number of halogens is 1. The number of carbonyl (C=O) groups is 1. The van der Waals surface area contributed by atoms with E-state index in [1.165, 1.54) is 28.5 Å². The first kappa shape index (κ1) is 31.0. The number of aliphatic hydroxyl groups excluding tert-OH is 1. The highest BCUT2D eigenvalue weighted by molar-refractivity contribution is 6.31. The summed E-state index contributed by atoms with van der Waals surface area (Å²) < 4.78 is 6.22. The number of anilines is 1. The number of hydrogen-bond acceptors (Lipinski definition) is 7. The zero-order valence-electron chi connectivity index (χ0n) is 24.8. The summed E-state index contributed by atoms with van der Waals surface area (Å²) in [6, 6.07) is 21.5. The fourth-order valence-corrected chi connectivity index (χ4v) is 6.02. The summed E-state index contributed by atoms with van der Waals surface area (Å²) in [5.41, 5.74) is 9.09. The van der Waals surface area contributed by atoms with Crippen molar-refractivity contribution in [3.63, 3.8) is 0 Å². The van der Waals surface area contributed by atoms with Crippen molar-refractivity contribution in [1.29, 1.82) is 5.26 Å². The Morgan fingerprint density at radius 1 is 1.16 bits per heavy atom. The predicted octanol–water partition coefficient (Wildman–Crippen LogP) is 5.73. The third-order valence-electron chi connectivity index (χ3n) is 8.10. The molecule has 9 heteroatoms. The maximum atomic E-state index is 11.5. The molecule has 0 saturated carbocycles. The van der Waals surface area contributed by atoms with Crippen LogP contribution in [-0.4, -0.2) is 47.9 Å². The summed E-state index contributed by atoms with van der Waals surface area (Å²) in [6.45, 7) is -0.252. The normalized spacial score (nSPS) is 14.5. The Morgan fingerprint density at radius 2 is 1.98 bits per heavy atom. The number of carboxylic acid groups (broad SMARTS) is 1. The number of fused-ring (bicyclic) bond motifs is 1. The number of hydrogen-bond donors (Lipinski definition) is 3. The maximum absolute atomic E-state index is 11.5. The van der Waals surface area contributed by atoms with E-state index in [2.05, 4.69) is 63.7 Å². The molecule has 0 bridgehead atoms. The highest BCUT2D eigenvalue weighted by Crippen LogP contribution is 2.42. The van der Waals surface area contributed by atoms with Gasteiger partial charge in [0.15, 0.2) is 0 Å². The van der Waals surface area contributed by atoms with E-state index in [1.807, 2.05) is 20.2 Å². The molecule has 1 aromatic heterocycles.